The molecule has 25 heavy (non-hydrogen) atoms. The van der Waals surface area contributed by atoms with Gasteiger partial charge in [0, 0.05) is 18.2 Å². The van der Waals surface area contributed by atoms with Crippen molar-refractivity contribution in [2.75, 3.05) is 19.7 Å². The third-order valence-corrected chi connectivity index (χ3v) is 4.25. The molecule has 1 atom stereocenters. The van der Waals surface area contributed by atoms with Crippen molar-refractivity contribution in [3.8, 4) is 5.75 Å². The number of nitrogens with one attached hydrogen (secondary N) is 2. The molecule has 1 heterocycles. The number of benzene rings is 2. The molecule has 0 bridgehead atoms. The van der Waals surface area contributed by atoms with E-state index in [2.05, 4.69) is 41.8 Å². The van der Waals surface area contributed by atoms with Crippen molar-refractivity contribution in [1.82, 2.24) is 10.6 Å². The van der Waals surface area contributed by atoms with Gasteiger partial charge in [0.05, 0.1) is 6.61 Å². The Labute approximate surface area is 155 Å². The van der Waals surface area contributed by atoms with E-state index in [0.717, 1.165) is 25.1 Å². The summed E-state index contributed by atoms with van der Waals surface area (Å²) in [6.07, 6.45) is 1.99. The van der Waals surface area contributed by atoms with Crippen molar-refractivity contribution >= 4 is 18.3 Å². The maximum atomic E-state index is 12.4. The highest BCUT2D eigenvalue weighted by molar-refractivity contribution is 5.94. The van der Waals surface area contributed by atoms with Gasteiger partial charge in [-0.3, -0.25) is 4.79 Å². The lowest BCUT2D eigenvalue weighted by Crippen LogP contribution is -2.38. The molecule has 1 aliphatic rings. The normalized spacial score (nSPS) is 15.6. The van der Waals surface area contributed by atoms with E-state index in [4.69, 9.17) is 4.74 Å². The quantitative estimate of drug-likeness (QED) is 0.828. The number of rotatable bonds is 6. The van der Waals surface area contributed by atoms with Gasteiger partial charge in [-0.2, -0.15) is 0 Å². The highest BCUT2D eigenvalue weighted by Gasteiger charge is 2.19. The average Bonchev–Trinajstić information content (AvgIpc) is 2.64. The zero-order chi connectivity index (χ0) is 16.8. The van der Waals surface area contributed by atoms with E-state index >= 15 is 0 Å². The van der Waals surface area contributed by atoms with E-state index in [9.17, 15) is 4.79 Å². The van der Waals surface area contributed by atoms with Gasteiger partial charge in [-0.05, 0) is 48.7 Å². The fourth-order valence-electron chi connectivity index (χ4n) is 3.02. The summed E-state index contributed by atoms with van der Waals surface area (Å²) >= 11 is 0. The first-order chi connectivity index (χ1) is 11.8. The van der Waals surface area contributed by atoms with Gasteiger partial charge >= 0.3 is 0 Å². The minimum atomic E-state index is -0.0678. The first kappa shape index (κ1) is 19.3. The molecule has 0 aliphatic carbocycles. The zero-order valence-corrected chi connectivity index (χ0v) is 15.3. The third-order valence-electron chi connectivity index (χ3n) is 4.25. The van der Waals surface area contributed by atoms with Crippen molar-refractivity contribution in [1.29, 1.82) is 0 Å². The second kappa shape index (κ2) is 9.44. The summed E-state index contributed by atoms with van der Waals surface area (Å²) in [5.41, 5.74) is 3.28. The van der Waals surface area contributed by atoms with Gasteiger partial charge in [-0.1, -0.05) is 37.3 Å². The van der Waals surface area contributed by atoms with Crippen LogP contribution in [0.2, 0.25) is 0 Å². The lowest BCUT2D eigenvalue weighted by Gasteiger charge is -2.27. The summed E-state index contributed by atoms with van der Waals surface area (Å²) < 4.78 is 5.59. The predicted octanol–water partition coefficient (Wildman–Crippen LogP) is 3.51. The van der Waals surface area contributed by atoms with Crippen LogP contribution in [-0.4, -0.2) is 25.6 Å². The largest absolute Gasteiger partial charge is 0.494 e. The minimum absolute atomic E-state index is 0. The second-order valence-corrected chi connectivity index (χ2v) is 6.04. The number of hydrogen-bond donors (Lipinski definition) is 2. The number of carbonyl (C=O) groups is 1. The predicted molar refractivity (Wildman–Crippen MR) is 103 cm³/mol. The Morgan fingerprint density at radius 1 is 1.24 bits per heavy atom. The third kappa shape index (κ3) is 4.97. The molecule has 0 saturated heterocycles. The Morgan fingerprint density at radius 3 is 2.92 bits per heavy atom. The van der Waals surface area contributed by atoms with Gasteiger partial charge in [0.2, 0.25) is 0 Å². The minimum Gasteiger partial charge on any atom is -0.494 e. The van der Waals surface area contributed by atoms with Crippen LogP contribution in [0.15, 0.2) is 48.5 Å². The van der Waals surface area contributed by atoms with Gasteiger partial charge in [0.1, 0.15) is 5.75 Å². The van der Waals surface area contributed by atoms with E-state index in [-0.39, 0.29) is 24.4 Å². The number of amides is 1. The summed E-state index contributed by atoms with van der Waals surface area (Å²) in [5, 5.41) is 6.52. The highest BCUT2D eigenvalue weighted by Crippen LogP contribution is 2.22. The standard InChI is InChI=1S/C20H24N2O2.ClH/c1-2-12-24-17-8-5-7-16(13-17)20(23)22-14-19-18-9-4-3-6-15(18)10-11-21-19;/h3-9,13,19,21H,2,10-12,14H2,1H3,(H,22,23);1H. The number of fused-ring (bicyclic) bond motifs is 1. The first-order valence-corrected chi connectivity index (χ1v) is 8.60. The molecule has 1 unspecified atom stereocenters. The van der Waals surface area contributed by atoms with Crippen LogP contribution in [0.25, 0.3) is 0 Å². The number of hydrogen-bond acceptors (Lipinski definition) is 3. The Kier molecular flexibility index (Phi) is 7.29. The summed E-state index contributed by atoms with van der Waals surface area (Å²) in [7, 11) is 0. The molecule has 0 saturated carbocycles. The van der Waals surface area contributed by atoms with Crippen LogP contribution in [0.1, 0.15) is 40.9 Å². The molecule has 1 amide bonds. The number of halogens is 1. The van der Waals surface area contributed by atoms with Gasteiger partial charge in [-0.25, -0.2) is 0 Å². The molecule has 2 aromatic carbocycles. The molecule has 0 spiro atoms. The van der Waals surface area contributed by atoms with E-state index in [0.29, 0.717) is 18.7 Å². The van der Waals surface area contributed by atoms with Gasteiger partial charge < -0.3 is 15.4 Å². The second-order valence-electron chi connectivity index (χ2n) is 6.04. The molecular formula is C20H25ClN2O2. The molecule has 2 N–H and O–H groups in total. The topological polar surface area (TPSA) is 50.4 Å². The van der Waals surface area contributed by atoms with E-state index in [1.54, 1.807) is 6.07 Å². The van der Waals surface area contributed by atoms with E-state index in [1.165, 1.54) is 11.1 Å². The smallest absolute Gasteiger partial charge is 0.251 e. The fraction of sp³-hybridized carbons (Fsp3) is 0.350. The molecular weight excluding hydrogens is 336 g/mol. The molecule has 0 fully saturated rings. The molecule has 0 aromatic heterocycles. The lowest BCUT2D eigenvalue weighted by molar-refractivity contribution is 0.0948. The Balaban J connectivity index is 0.00000225. The molecule has 4 nitrogen and oxygen atoms in total. The van der Waals surface area contributed by atoms with E-state index in [1.807, 2.05) is 18.2 Å². The number of carbonyl (C=O) groups excluding carboxylic acids is 1. The zero-order valence-electron chi connectivity index (χ0n) is 14.5. The monoisotopic (exact) mass is 360 g/mol. The molecule has 5 heteroatoms. The van der Waals surface area contributed by atoms with Gasteiger partial charge in [0.15, 0.2) is 0 Å². The van der Waals surface area contributed by atoms with Crippen LogP contribution < -0.4 is 15.4 Å². The van der Waals surface area contributed by atoms with Crippen molar-refractivity contribution < 1.29 is 9.53 Å². The van der Waals surface area contributed by atoms with Gasteiger partial charge in [0.25, 0.3) is 5.91 Å². The van der Waals surface area contributed by atoms with Crippen LogP contribution >= 0.6 is 12.4 Å². The first-order valence-electron chi connectivity index (χ1n) is 8.60. The highest BCUT2D eigenvalue weighted by atomic mass is 35.5. The summed E-state index contributed by atoms with van der Waals surface area (Å²) in [6, 6.07) is 15.9. The molecule has 134 valence electrons. The van der Waals surface area contributed by atoms with Crippen LogP contribution in [0, 0.1) is 0 Å². The summed E-state index contributed by atoms with van der Waals surface area (Å²) in [6.45, 7) is 4.24. The van der Waals surface area contributed by atoms with Crippen molar-refractivity contribution in [3.63, 3.8) is 0 Å². The maximum absolute atomic E-state index is 12.4. The Hall–Kier alpha value is -2.04. The lowest BCUT2D eigenvalue weighted by atomic mass is 9.94. The average molecular weight is 361 g/mol. The molecule has 0 radical (unpaired) electrons. The Morgan fingerprint density at radius 2 is 2.08 bits per heavy atom. The van der Waals surface area contributed by atoms with Crippen molar-refractivity contribution in [2.45, 2.75) is 25.8 Å². The van der Waals surface area contributed by atoms with Crippen molar-refractivity contribution in [2.24, 2.45) is 0 Å². The van der Waals surface area contributed by atoms with Crippen LogP contribution in [0.3, 0.4) is 0 Å². The van der Waals surface area contributed by atoms with Crippen LogP contribution in [-0.2, 0) is 6.42 Å². The summed E-state index contributed by atoms with van der Waals surface area (Å²) in [4.78, 5) is 12.4. The number of ether oxygens (including phenoxy) is 1. The van der Waals surface area contributed by atoms with Crippen LogP contribution in [0.4, 0.5) is 0 Å². The molecule has 3 rings (SSSR count). The fourth-order valence-corrected chi connectivity index (χ4v) is 3.02. The molecule has 2 aromatic rings. The Bertz CT molecular complexity index is 706. The van der Waals surface area contributed by atoms with Crippen molar-refractivity contribution in [3.05, 3.63) is 65.2 Å². The van der Waals surface area contributed by atoms with E-state index < -0.39 is 0 Å². The van der Waals surface area contributed by atoms with Crippen LogP contribution in [0.5, 0.6) is 5.75 Å². The summed E-state index contributed by atoms with van der Waals surface area (Å²) in [5.74, 6) is 0.674. The molecule has 1 aliphatic heterocycles. The SMILES string of the molecule is CCCOc1cccc(C(=O)NCC2NCCc3ccccc32)c1.Cl. The van der Waals surface area contributed by atoms with Gasteiger partial charge in [-0.15, -0.1) is 12.4 Å². The maximum Gasteiger partial charge on any atom is 0.251 e.